The van der Waals surface area contributed by atoms with Crippen molar-refractivity contribution in [1.29, 1.82) is 0 Å². The van der Waals surface area contributed by atoms with Crippen LogP contribution in [0.2, 0.25) is 0 Å². The summed E-state index contributed by atoms with van der Waals surface area (Å²) in [5.41, 5.74) is 0.929. The smallest absolute Gasteiger partial charge is 0.280 e. The van der Waals surface area contributed by atoms with Gasteiger partial charge in [0.1, 0.15) is 11.4 Å². The monoisotopic (exact) mass is 408 g/mol. The molecule has 1 unspecified atom stereocenters. The van der Waals surface area contributed by atoms with Crippen LogP contribution in [0.1, 0.15) is 6.92 Å². The third-order valence-corrected chi connectivity index (χ3v) is 4.11. The van der Waals surface area contributed by atoms with E-state index in [4.69, 9.17) is 0 Å². The Bertz CT molecular complexity index is 1090. The van der Waals surface area contributed by atoms with Crippen LogP contribution < -0.4 is 10.3 Å². The maximum Gasteiger partial charge on any atom is 0.280 e. The van der Waals surface area contributed by atoms with E-state index >= 15 is 0 Å². The number of azo groups is 1. The SMILES string of the molecule is C=CC(=O)Nc1ccc(N2N=C(C)C(N=Nc3cc([N+](=O)[O-])ccc3O)C2=O)cc1. The number of non-ortho nitro benzene ring substituents is 1. The maximum atomic E-state index is 12.7. The molecule has 1 aliphatic heterocycles. The van der Waals surface area contributed by atoms with E-state index in [1.165, 1.54) is 0 Å². The number of anilines is 2. The molecule has 0 aromatic heterocycles. The highest BCUT2D eigenvalue weighted by molar-refractivity contribution is 6.18. The van der Waals surface area contributed by atoms with Crippen molar-refractivity contribution in [3.05, 3.63) is 65.2 Å². The average molecular weight is 408 g/mol. The van der Waals surface area contributed by atoms with E-state index in [0.29, 0.717) is 17.1 Å². The summed E-state index contributed by atoms with van der Waals surface area (Å²) in [4.78, 5) is 34.3. The maximum absolute atomic E-state index is 12.7. The molecule has 1 aliphatic rings. The van der Waals surface area contributed by atoms with Crippen LogP contribution in [-0.4, -0.2) is 33.6 Å². The molecule has 30 heavy (non-hydrogen) atoms. The van der Waals surface area contributed by atoms with Gasteiger partial charge in [-0.2, -0.15) is 20.3 Å². The number of phenolic OH excluding ortho intramolecular Hbond substituents is 1. The number of aromatic hydroxyl groups is 1. The van der Waals surface area contributed by atoms with Gasteiger partial charge in [0.25, 0.3) is 11.6 Å². The number of hydrogen-bond donors (Lipinski definition) is 2. The molecule has 11 nitrogen and oxygen atoms in total. The Labute approximate surface area is 170 Å². The molecule has 2 aromatic rings. The molecule has 152 valence electrons. The molecule has 3 rings (SSSR count). The van der Waals surface area contributed by atoms with Crippen molar-refractivity contribution in [2.75, 3.05) is 10.3 Å². The third-order valence-electron chi connectivity index (χ3n) is 4.11. The number of nitro benzene ring substituents is 1. The normalized spacial score (nSPS) is 15.9. The molecular formula is C19H16N6O5. The predicted octanol–water partition coefficient (Wildman–Crippen LogP) is 3.30. The summed E-state index contributed by atoms with van der Waals surface area (Å²) < 4.78 is 0. The number of amides is 2. The second kappa shape index (κ2) is 8.31. The van der Waals surface area contributed by atoms with Crippen molar-refractivity contribution >= 4 is 40.3 Å². The number of nitro groups is 1. The number of rotatable bonds is 6. The lowest BCUT2D eigenvalue weighted by Gasteiger charge is -2.13. The molecule has 11 heteroatoms. The van der Waals surface area contributed by atoms with Crippen molar-refractivity contribution in [2.24, 2.45) is 15.3 Å². The topological polar surface area (TPSA) is 150 Å². The molecule has 1 atom stereocenters. The lowest BCUT2D eigenvalue weighted by atomic mass is 10.2. The standard InChI is InChI=1S/C19H16N6O5/c1-3-17(27)20-12-4-6-13(7-5-12)24-19(28)18(11(2)23-24)22-21-15-10-14(25(29)30)8-9-16(15)26/h3-10,18,26H,1H2,2H3,(H,20,27). The van der Waals surface area contributed by atoms with Crippen LogP contribution in [0.4, 0.5) is 22.7 Å². The molecule has 2 aromatic carbocycles. The van der Waals surface area contributed by atoms with Crippen LogP contribution in [0, 0.1) is 10.1 Å². The lowest BCUT2D eigenvalue weighted by Crippen LogP contribution is -2.29. The van der Waals surface area contributed by atoms with Gasteiger partial charge in [-0.15, -0.1) is 0 Å². The first-order valence-electron chi connectivity index (χ1n) is 8.61. The van der Waals surface area contributed by atoms with Gasteiger partial charge in [-0.05, 0) is 43.3 Å². The second-order valence-electron chi connectivity index (χ2n) is 6.18. The summed E-state index contributed by atoms with van der Waals surface area (Å²) in [6, 6.07) is 8.67. The Morgan fingerprint density at radius 2 is 2.03 bits per heavy atom. The first-order valence-corrected chi connectivity index (χ1v) is 8.61. The highest BCUT2D eigenvalue weighted by atomic mass is 16.6. The van der Waals surface area contributed by atoms with Crippen LogP contribution in [-0.2, 0) is 9.59 Å². The van der Waals surface area contributed by atoms with Crippen LogP contribution in [0.25, 0.3) is 0 Å². The molecule has 2 N–H and O–H groups in total. The van der Waals surface area contributed by atoms with Gasteiger partial charge >= 0.3 is 0 Å². The van der Waals surface area contributed by atoms with Crippen molar-refractivity contribution < 1.29 is 19.6 Å². The number of hydrogen-bond acceptors (Lipinski definition) is 8. The van der Waals surface area contributed by atoms with Crippen molar-refractivity contribution in [3.63, 3.8) is 0 Å². The lowest BCUT2D eigenvalue weighted by molar-refractivity contribution is -0.384. The largest absolute Gasteiger partial charge is 0.506 e. The Morgan fingerprint density at radius 3 is 2.67 bits per heavy atom. The quantitative estimate of drug-likeness (QED) is 0.325. The van der Waals surface area contributed by atoms with Gasteiger partial charge in [0.05, 0.1) is 16.3 Å². The molecule has 0 saturated carbocycles. The number of nitrogens with zero attached hydrogens (tertiary/aromatic N) is 5. The number of carbonyl (C=O) groups is 2. The van der Waals surface area contributed by atoms with E-state index in [-0.39, 0.29) is 23.0 Å². The van der Waals surface area contributed by atoms with Gasteiger partial charge < -0.3 is 10.4 Å². The minimum absolute atomic E-state index is 0.134. The first-order chi connectivity index (χ1) is 14.3. The molecule has 2 amide bonds. The molecule has 0 aliphatic carbocycles. The summed E-state index contributed by atoms with van der Waals surface area (Å²) >= 11 is 0. The minimum Gasteiger partial charge on any atom is -0.506 e. The fourth-order valence-corrected chi connectivity index (χ4v) is 2.58. The van der Waals surface area contributed by atoms with E-state index < -0.39 is 16.9 Å². The van der Waals surface area contributed by atoms with E-state index in [1.807, 2.05) is 0 Å². The molecule has 0 bridgehead atoms. The Hall–Kier alpha value is -4.41. The zero-order valence-electron chi connectivity index (χ0n) is 15.7. The van der Waals surface area contributed by atoms with Gasteiger partial charge in [-0.25, -0.2) is 0 Å². The van der Waals surface area contributed by atoms with Gasteiger partial charge in [-0.3, -0.25) is 19.7 Å². The third kappa shape index (κ3) is 4.19. The summed E-state index contributed by atoms with van der Waals surface area (Å²) in [7, 11) is 0. The molecule has 0 radical (unpaired) electrons. The van der Waals surface area contributed by atoms with Gasteiger partial charge in [0, 0.05) is 17.8 Å². The minimum atomic E-state index is -1.04. The zero-order chi connectivity index (χ0) is 21.8. The predicted molar refractivity (Wildman–Crippen MR) is 109 cm³/mol. The second-order valence-corrected chi connectivity index (χ2v) is 6.18. The average Bonchev–Trinajstić information content (AvgIpc) is 3.01. The Kier molecular flexibility index (Phi) is 5.63. The van der Waals surface area contributed by atoms with Gasteiger partial charge in [0.2, 0.25) is 5.91 Å². The van der Waals surface area contributed by atoms with Crippen molar-refractivity contribution in [1.82, 2.24) is 0 Å². The number of phenols is 1. The highest BCUT2D eigenvalue weighted by Crippen LogP contribution is 2.31. The highest BCUT2D eigenvalue weighted by Gasteiger charge is 2.34. The zero-order valence-corrected chi connectivity index (χ0v) is 15.7. The van der Waals surface area contributed by atoms with Crippen molar-refractivity contribution in [2.45, 2.75) is 13.0 Å². The van der Waals surface area contributed by atoms with Crippen molar-refractivity contribution in [3.8, 4) is 5.75 Å². The molecule has 0 saturated heterocycles. The van der Waals surface area contributed by atoms with E-state index in [1.54, 1.807) is 31.2 Å². The van der Waals surface area contributed by atoms with Crippen LogP contribution in [0.15, 0.2) is 70.4 Å². The van der Waals surface area contributed by atoms with Crippen LogP contribution in [0.5, 0.6) is 5.75 Å². The molecular weight excluding hydrogens is 392 g/mol. The molecule has 1 heterocycles. The fraction of sp³-hybridized carbons (Fsp3) is 0.105. The number of hydrazone groups is 1. The summed E-state index contributed by atoms with van der Waals surface area (Å²) in [5, 5.41) is 36.3. The van der Waals surface area contributed by atoms with Gasteiger partial charge in [-0.1, -0.05) is 6.58 Å². The fourth-order valence-electron chi connectivity index (χ4n) is 2.58. The number of nitrogens with one attached hydrogen (secondary N) is 1. The van der Waals surface area contributed by atoms with Crippen LogP contribution in [0.3, 0.4) is 0 Å². The van der Waals surface area contributed by atoms with E-state index in [0.717, 1.165) is 29.3 Å². The number of carbonyl (C=O) groups excluding carboxylic acids is 2. The van der Waals surface area contributed by atoms with E-state index in [9.17, 15) is 24.8 Å². The summed E-state index contributed by atoms with van der Waals surface area (Å²) in [5.74, 6) is -1.15. The Balaban J connectivity index is 1.78. The molecule has 0 fully saturated rings. The van der Waals surface area contributed by atoms with Gasteiger partial charge in [0.15, 0.2) is 6.04 Å². The summed E-state index contributed by atoms with van der Waals surface area (Å²) in [6.45, 7) is 4.96. The van der Waals surface area contributed by atoms with E-state index in [2.05, 4.69) is 27.2 Å². The molecule has 0 spiro atoms. The Morgan fingerprint density at radius 1 is 1.33 bits per heavy atom. The number of benzene rings is 2. The van der Waals surface area contributed by atoms with Crippen LogP contribution >= 0.6 is 0 Å². The summed E-state index contributed by atoms with van der Waals surface area (Å²) in [6.07, 6.45) is 1.14. The first kappa shape index (κ1) is 20.3.